The summed E-state index contributed by atoms with van der Waals surface area (Å²) in [5.74, 6) is 1.76. The number of nitrogens with zero attached hydrogens (tertiary/aromatic N) is 3. The van der Waals surface area contributed by atoms with Crippen LogP contribution in [0.4, 0.5) is 5.69 Å². The first kappa shape index (κ1) is 20.5. The van der Waals surface area contributed by atoms with Crippen LogP contribution in [0.2, 0.25) is 0 Å². The highest BCUT2D eigenvalue weighted by Gasteiger charge is 2.31. The van der Waals surface area contributed by atoms with Gasteiger partial charge in [-0.05, 0) is 43.2 Å². The molecule has 0 unspecified atom stereocenters. The maximum Gasteiger partial charge on any atom is 0.254 e. The first-order valence-corrected chi connectivity index (χ1v) is 10.7. The van der Waals surface area contributed by atoms with Crippen LogP contribution < -0.4 is 14.4 Å². The standard InChI is InChI=1S/C24H31N3O3/c1-29-21-9-5-7-19(17-21)24(28)27-12-6-8-20(18-27)25-13-15-26(16-14-25)22-10-3-4-11-23(22)30-2/h3-5,7,9-11,17,20H,6,8,12-16,18H2,1-2H3/t20-/m0/s1. The molecular weight excluding hydrogens is 378 g/mol. The summed E-state index contributed by atoms with van der Waals surface area (Å²) in [5.41, 5.74) is 1.87. The fourth-order valence-electron chi connectivity index (χ4n) is 4.59. The first-order valence-electron chi connectivity index (χ1n) is 10.7. The lowest BCUT2D eigenvalue weighted by Crippen LogP contribution is -2.55. The number of anilines is 1. The van der Waals surface area contributed by atoms with E-state index in [9.17, 15) is 4.79 Å². The van der Waals surface area contributed by atoms with Crippen LogP contribution in [0.3, 0.4) is 0 Å². The average Bonchev–Trinajstić information content (AvgIpc) is 2.83. The van der Waals surface area contributed by atoms with Crippen LogP contribution in [0.1, 0.15) is 23.2 Å². The smallest absolute Gasteiger partial charge is 0.254 e. The Labute approximate surface area is 179 Å². The minimum Gasteiger partial charge on any atom is -0.497 e. The highest BCUT2D eigenvalue weighted by molar-refractivity contribution is 5.94. The number of benzene rings is 2. The molecule has 1 amide bonds. The molecule has 0 saturated carbocycles. The monoisotopic (exact) mass is 409 g/mol. The zero-order chi connectivity index (χ0) is 20.9. The van der Waals surface area contributed by atoms with Crippen molar-refractivity contribution in [3.05, 3.63) is 54.1 Å². The van der Waals surface area contributed by atoms with Crippen LogP contribution in [0.5, 0.6) is 11.5 Å². The maximum atomic E-state index is 13.0. The molecule has 160 valence electrons. The number of carbonyl (C=O) groups is 1. The van der Waals surface area contributed by atoms with Gasteiger partial charge in [0.25, 0.3) is 5.91 Å². The fourth-order valence-corrected chi connectivity index (χ4v) is 4.59. The van der Waals surface area contributed by atoms with Gasteiger partial charge >= 0.3 is 0 Å². The number of hydrogen-bond acceptors (Lipinski definition) is 5. The summed E-state index contributed by atoms with van der Waals surface area (Å²) in [7, 11) is 3.36. The van der Waals surface area contributed by atoms with Gasteiger partial charge in [0.15, 0.2) is 0 Å². The number of likely N-dealkylation sites (tertiary alicyclic amines) is 1. The number of piperidine rings is 1. The Bertz CT molecular complexity index is 864. The van der Waals surface area contributed by atoms with Crippen molar-refractivity contribution in [3.8, 4) is 11.5 Å². The van der Waals surface area contributed by atoms with Crippen molar-refractivity contribution in [2.45, 2.75) is 18.9 Å². The van der Waals surface area contributed by atoms with Crippen LogP contribution in [-0.4, -0.2) is 75.2 Å². The minimum absolute atomic E-state index is 0.103. The molecule has 6 nitrogen and oxygen atoms in total. The van der Waals surface area contributed by atoms with Crippen LogP contribution in [0.25, 0.3) is 0 Å². The van der Waals surface area contributed by atoms with Crippen LogP contribution in [-0.2, 0) is 0 Å². The Kier molecular flexibility index (Phi) is 6.43. The van der Waals surface area contributed by atoms with Crippen molar-refractivity contribution in [3.63, 3.8) is 0 Å². The highest BCUT2D eigenvalue weighted by Crippen LogP contribution is 2.29. The SMILES string of the molecule is COc1cccc(C(=O)N2CCC[C@H](N3CCN(c4ccccc4OC)CC3)C2)c1. The van der Waals surface area contributed by atoms with Crippen molar-refractivity contribution in [2.24, 2.45) is 0 Å². The van der Waals surface area contributed by atoms with Crippen LogP contribution in [0, 0.1) is 0 Å². The van der Waals surface area contributed by atoms with E-state index in [0.717, 1.165) is 69.3 Å². The molecule has 2 aromatic rings. The molecule has 2 saturated heterocycles. The average molecular weight is 410 g/mol. The first-order chi connectivity index (χ1) is 14.7. The summed E-state index contributed by atoms with van der Waals surface area (Å²) in [4.78, 5) is 20.0. The largest absolute Gasteiger partial charge is 0.497 e. The zero-order valence-electron chi connectivity index (χ0n) is 17.9. The van der Waals surface area contributed by atoms with Crippen LogP contribution >= 0.6 is 0 Å². The summed E-state index contributed by atoms with van der Waals surface area (Å²) < 4.78 is 10.8. The molecule has 1 atom stereocenters. The fraction of sp³-hybridized carbons (Fsp3) is 0.458. The maximum absolute atomic E-state index is 13.0. The molecule has 0 N–H and O–H groups in total. The zero-order valence-corrected chi connectivity index (χ0v) is 17.9. The van der Waals surface area contributed by atoms with E-state index in [1.807, 2.05) is 41.3 Å². The van der Waals surface area contributed by atoms with Gasteiger partial charge in [0.05, 0.1) is 19.9 Å². The number of piperazine rings is 1. The Balaban J connectivity index is 1.37. The van der Waals surface area contributed by atoms with E-state index in [1.54, 1.807) is 14.2 Å². The van der Waals surface area contributed by atoms with Gasteiger partial charge in [-0.15, -0.1) is 0 Å². The second-order valence-electron chi connectivity index (χ2n) is 7.97. The van der Waals surface area contributed by atoms with E-state index in [4.69, 9.17) is 9.47 Å². The molecule has 4 rings (SSSR count). The van der Waals surface area contributed by atoms with E-state index in [1.165, 1.54) is 0 Å². The van der Waals surface area contributed by atoms with Gasteiger partial charge < -0.3 is 19.3 Å². The summed E-state index contributed by atoms with van der Waals surface area (Å²) in [6.45, 7) is 5.58. The molecule has 2 heterocycles. The number of para-hydroxylation sites is 2. The predicted octanol–water partition coefficient (Wildman–Crippen LogP) is 3.13. The third-order valence-electron chi connectivity index (χ3n) is 6.26. The van der Waals surface area contributed by atoms with Gasteiger partial charge in [-0.25, -0.2) is 0 Å². The Morgan fingerprint density at radius 2 is 1.73 bits per heavy atom. The van der Waals surface area contributed by atoms with Crippen molar-refractivity contribution in [1.29, 1.82) is 0 Å². The number of hydrogen-bond donors (Lipinski definition) is 0. The van der Waals surface area contributed by atoms with E-state index in [-0.39, 0.29) is 5.91 Å². The Hall–Kier alpha value is -2.73. The molecule has 2 aromatic carbocycles. The van der Waals surface area contributed by atoms with E-state index >= 15 is 0 Å². The van der Waals surface area contributed by atoms with Crippen LogP contribution in [0.15, 0.2) is 48.5 Å². The van der Waals surface area contributed by atoms with Gasteiger partial charge in [-0.3, -0.25) is 9.69 Å². The molecule has 0 aliphatic carbocycles. The lowest BCUT2D eigenvalue weighted by molar-refractivity contribution is 0.0563. The minimum atomic E-state index is 0.103. The quantitative estimate of drug-likeness (QED) is 0.759. The van der Waals surface area contributed by atoms with Crippen molar-refractivity contribution >= 4 is 11.6 Å². The summed E-state index contributed by atoms with van der Waals surface area (Å²) in [6.07, 6.45) is 2.20. The number of methoxy groups -OCH3 is 2. The normalized spacial score (nSPS) is 20.1. The van der Waals surface area contributed by atoms with E-state index in [0.29, 0.717) is 11.6 Å². The van der Waals surface area contributed by atoms with Gasteiger partial charge in [-0.1, -0.05) is 18.2 Å². The molecular formula is C24H31N3O3. The molecule has 2 aliphatic rings. The second-order valence-corrected chi connectivity index (χ2v) is 7.97. The summed E-state index contributed by atoms with van der Waals surface area (Å²) in [5, 5.41) is 0. The van der Waals surface area contributed by atoms with Crippen molar-refractivity contribution in [1.82, 2.24) is 9.80 Å². The third-order valence-corrected chi connectivity index (χ3v) is 6.26. The molecule has 0 bridgehead atoms. The lowest BCUT2D eigenvalue weighted by Gasteiger charge is -2.44. The molecule has 0 aromatic heterocycles. The highest BCUT2D eigenvalue weighted by atomic mass is 16.5. The Morgan fingerprint density at radius 1 is 0.933 bits per heavy atom. The lowest BCUT2D eigenvalue weighted by atomic mass is 10.0. The molecule has 2 fully saturated rings. The molecule has 30 heavy (non-hydrogen) atoms. The summed E-state index contributed by atoms with van der Waals surface area (Å²) in [6, 6.07) is 16.1. The molecule has 0 radical (unpaired) electrons. The topological polar surface area (TPSA) is 45.2 Å². The second kappa shape index (κ2) is 9.39. The van der Waals surface area contributed by atoms with Gasteiger partial charge in [-0.2, -0.15) is 0 Å². The van der Waals surface area contributed by atoms with Gasteiger partial charge in [0.1, 0.15) is 11.5 Å². The van der Waals surface area contributed by atoms with Gasteiger partial charge in [0.2, 0.25) is 0 Å². The number of carbonyl (C=O) groups excluding carboxylic acids is 1. The number of ether oxygens (including phenoxy) is 2. The number of rotatable bonds is 5. The van der Waals surface area contributed by atoms with Gasteiger partial charge in [0, 0.05) is 50.9 Å². The predicted molar refractivity (Wildman–Crippen MR) is 119 cm³/mol. The van der Waals surface area contributed by atoms with E-state index in [2.05, 4.69) is 21.9 Å². The van der Waals surface area contributed by atoms with E-state index < -0.39 is 0 Å². The third kappa shape index (κ3) is 4.38. The molecule has 0 spiro atoms. The molecule has 6 heteroatoms. The Morgan fingerprint density at radius 3 is 2.50 bits per heavy atom. The summed E-state index contributed by atoms with van der Waals surface area (Å²) >= 11 is 0. The van der Waals surface area contributed by atoms with Crippen molar-refractivity contribution in [2.75, 3.05) is 58.4 Å². The number of amides is 1. The molecule has 2 aliphatic heterocycles. The van der Waals surface area contributed by atoms with Crippen molar-refractivity contribution < 1.29 is 14.3 Å².